The molecule has 2 fully saturated rings. The van der Waals surface area contributed by atoms with Crippen LogP contribution in [-0.2, 0) is 14.8 Å². The number of amides is 1. The summed E-state index contributed by atoms with van der Waals surface area (Å²) in [5.74, 6) is 0.161. The van der Waals surface area contributed by atoms with Crippen molar-refractivity contribution in [3.05, 3.63) is 12.7 Å². The Balaban J connectivity index is 2.14. The first kappa shape index (κ1) is 9.71. The van der Waals surface area contributed by atoms with Gasteiger partial charge in [0.2, 0.25) is 16.4 Å². The Morgan fingerprint density at radius 1 is 1.36 bits per heavy atom. The highest BCUT2D eigenvalue weighted by Gasteiger charge is 2.49. The Morgan fingerprint density at radius 3 is 2.36 bits per heavy atom. The molecule has 5 heteroatoms. The third kappa shape index (κ3) is 1.45. The Morgan fingerprint density at radius 2 is 2.00 bits per heavy atom. The second kappa shape index (κ2) is 3.08. The average molecular weight is 215 g/mol. The van der Waals surface area contributed by atoms with Crippen molar-refractivity contribution in [3.8, 4) is 0 Å². The van der Waals surface area contributed by atoms with Crippen molar-refractivity contribution < 1.29 is 13.2 Å². The fourth-order valence-electron chi connectivity index (χ4n) is 1.61. The van der Waals surface area contributed by atoms with E-state index in [4.69, 9.17) is 0 Å². The van der Waals surface area contributed by atoms with Crippen molar-refractivity contribution in [1.82, 2.24) is 4.31 Å². The van der Waals surface area contributed by atoms with Gasteiger partial charge in [0.05, 0.1) is 11.3 Å². The molecule has 0 bridgehead atoms. The second-order valence-electron chi connectivity index (χ2n) is 3.88. The first-order chi connectivity index (χ1) is 6.61. The molecular formula is C9H13NO3S. The van der Waals surface area contributed by atoms with Gasteiger partial charge in [-0.1, -0.05) is 6.08 Å². The lowest BCUT2D eigenvalue weighted by atomic mass is 10.4. The molecular weight excluding hydrogens is 202 g/mol. The molecule has 0 radical (unpaired) electrons. The zero-order valence-corrected chi connectivity index (χ0v) is 8.61. The Hall–Kier alpha value is -0.840. The summed E-state index contributed by atoms with van der Waals surface area (Å²) in [4.78, 5) is 10.7. The van der Waals surface area contributed by atoms with Gasteiger partial charge in [0, 0.05) is 5.92 Å². The van der Waals surface area contributed by atoms with Crippen LogP contribution < -0.4 is 0 Å². The van der Waals surface area contributed by atoms with Crippen molar-refractivity contribution in [1.29, 1.82) is 0 Å². The highest BCUT2D eigenvalue weighted by molar-refractivity contribution is 7.90. The van der Waals surface area contributed by atoms with E-state index in [1.165, 1.54) is 0 Å². The standard InChI is InChI=1S/C9H13NO3S/c1-2-7-5-9(7)10(6-11)14(12,13)8-3-4-8/h2,6-9H,1,3-5H2. The van der Waals surface area contributed by atoms with Gasteiger partial charge >= 0.3 is 0 Å². The summed E-state index contributed by atoms with van der Waals surface area (Å²) in [6, 6.07) is -0.157. The Labute approximate surface area is 83.6 Å². The largest absolute Gasteiger partial charge is 0.278 e. The molecule has 2 atom stereocenters. The smallest absolute Gasteiger partial charge is 0.240 e. The summed E-state index contributed by atoms with van der Waals surface area (Å²) in [7, 11) is -3.34. The molecule has 0 spiro atoms. The number of carbonyl (C=O) groups is 1. The van der Waals surface area contributed by atoms with Gasteiger partial charge in [-0.15, -0.1) is 6.58 Å². The van der Waals surface area contributed by atoms with E-state index >= 15 is 0 Å². The van der Waals surface area contributed by atoms with Gasteiger partial charge in [0.1, 0.15) is 0 Å². The molecule has 0 aromatic rings. The number of carbonyl (C=O) groups excluding carboxylic acids is 1. The summed E-state index contributed by atoms with van der Waals surface area (Å²) in [6.07, 6.45) is 4.27. The Bertz CT molecular complexity index is 358. The van der Waals surface area contributed by atoms with Crippen LogP contribution in [-0.4, -0.2) is 30.4 Å². The number of rotatable bonds is 5. The zero-order valence-electron chi connectivity index (χ0n) is 7.80. The molecule has 78 valence electrons. The van der Waals surface area contributed by atoms with Crippen molar-refractivity contribution in [2.24, 2.45) is 5.92 Å². The van der Waals surface area contributed by atoms with Crippen LogP contribution in [0.15, 0.2) is 12.7 Å². The van der Waals surface area contributed by atoms with E-state index in [0.717, 1.165) is 10.7 Å². The van der Waals surface area contributed by atoms with E-state index in [0.29, 0.717) is 19.3 Å². The summed E-state index contributed by atoms with van der Waals surface area (Å²) >= 11 is 0. The molecule has 2 saturated carbocycles. The fraction of sp³-hybridized carbons (Fsp3) is 0.667. The minimum absolute atomic E-state index is 0.157. The van der Waals surface area contributed by atoms with Crippen molar-refractivity contribution >= 4 is 16.4 Å². The first-order valence-electron chi connectivity index (χ1n) is 4.71. The van der Waals surface area contributed by atoms with Crippen LogP contribution in [0.3, 0.4) is 0 Å². The lowest BCUT2D eigenvalue weighted by Crippen LogP contribution is -2.35. The summed E-state index contributed by atoms with van der Waals surface area (Å²) in [5.41, 5.74) is 0. The normalized spacial score (nSPS) is 30.9. The highest BCUT2D eigenvalue weighted by Crippen LogP contribution is 2.41. The SMILES string of the molecule is C=CC1CC1N(C=O)S(=O)(=O)C1CC1. The molecule has 2 aliphatic carbocycles. The third-order valence-electron chi connectivity index (χ3n) is 2.78. The zero-order chi connectivity index (χ0) is 10.3. The van der Waals surface area contributed by atoms with Gasteiger partial charge < -0.3 is 0 Å². The summed E-state index contributed by atoms with van der Waals surface area (Å²) in [5, 5.41) is -0.307. The minimum Gasteiger partial charge on any atom is -0.278 e. The quantitative estimate of drug-likeness (QED) is 0.496. The predicted molar refractivity (Wildman–Crippen MR) is 51.9 cm³/mol. The van der Waals surface area contributed by atoms with Gasteiger partial charge in [-0.2, -0.15) is 0 Å². The van der Waals surface area contributed by atoms with Crippen LogP contribution in [0.1, 0.15) is 19.3 Å². The molecule has 4 nitrogen and oxygen atoms in total. The maximum absolute atomic E-state index is 11.7. The lowest BCUT2D eigenvalue weighted by Gasteiger charge is -2.16. The Kier molecular flexibility index (Phi) is 2.14. The van der Waals surface area contributed by atoms with Crippen LogP contribution >= 0.6 is 0 Å². The average Bonchev–Trinajstić information content (AvgIpc) is 3.01. The van der Waals surface area contributed by atoms with Gasteiger partial charge in [-0.05, 0) is 19.3 Å². The molecule has 0 aromatic carbocycles. The number of nitrogens with zero attached hydrogens (tertiary/aromatic N) is 1. The van der Waals surface area contributed by atoms with E-state index in [9.17, 15) is 13.2 Å². The number of hydrogen-bond donors (Lipinski definition) is 0. The van der Waals surface area contributed by atoms with E-state index in [2.05, 4.69) is 6.58 Å². The topological polar surface area (TPSA) is 54.5 Å². The summed E-state index contributed by atoms with van der Waals surface area (Å²) in [6.45, 7) is 3.59. The monoisotopic (exact) mass is 215 g/mol. The van der Waals surface area contributed by atoms with Crippen LogP contribution in [0, 0.1) is 5.92 Å². The van der Waals surface area contributed by atoms with Gasteiger partial charge in [-0.3, -0.25) is 4.79 Å². The molecule has 0 aromatic heterocycles. The van der Waals surface area contributed by atoms with E-state index in [-0.39, 0.29) is 17.2 Å². The maximum atomic E-state index is 11.7. The summed E-state index contributed by atoms with van der Waals surface area (Å²) < 4.78 is 24.5. The molecule has 0 N–H and O–H groups in total. The van der Waals surface area contributed by atoms with Gasteiger partial charge in [0.15, 0.2) is 0 Å². The molecule has 2 aliphatic rings. The predicted octanol–water partition coefficient (Wildman–Crippen LogP) is 0.512. The van der Waals surface area contributed by atoms with Crippen molar-refractivity contribution in [3.63, 3.8) is 0 Å². The van der Waals surface area contributed by atoms with Gasteiger partial charge in [-0.25, -0.2) is 12.7 Å². The van der Waals surface area contributed by atoms with Crippen LogP contribution in [0.5, 0.6) is 0 Å². The highest BCUT2D eigenvalue weighted by atomic mass is 32.2. The van der Waals surface area contributed by atoms with E-state index < -0.39 is 10.0 Å². The molecule has 2 rings (SSSR count). The number of hydrogen-bond acceptors (Lipinski definition) is 3. The van der Waals surface area contributed by atoms with Crippen molar-refractivity contribution in [2.75, 3.05) is 0 Å². The molecule has 1 amide bonds. The fourth-order valence-corrected chi connectivity index (χ4v) is 3.43. The molecule has 0 heterocycles. The lowest BCUT2D eigenvalue weighted by molar-refractivity contribution is -0.114. The molecule has 2 unspecified atom stereocenters. The van der Waals surface area contributed by atoms with Crippen LogP contribution in [0.2, 0.25) is 0 Å². The van der Waals surface area contributed by atoms with Gasteiger partial charge in [0.25, 0.3) is 0 Å². The second-order valence-corrected chi connectivity index (χ2v) is 6.00. The number of sulfonamides is 1. The first-order valence-corrected chi connectivity index (χ1v) is 6.21. The van der Waals surface area contributed by atoms with Crippen LogP contribution in [0.4, 0.5) is 0 Å². The molecule has 0 aliphatic heterocycles. The third-order valence-corrected chi connectivity index (χ3v) is 5.04. The van der Waals surface area contributed by atoms with Crippen molar-refractivity contribution in [2.45, 2.75) is 30.6 Å². The minimum atomic E-state index is -3.34. The van der Waals surface area contributed by atoms with E-state index in [1.807, 2.05) is 0 Å². The van der Waals surface area contributed by atoms with E-state index in [1.54, 1.807) is 6.08 Å². The molecule has 0 saturated heterocycles. The van der Waals surface area contributed by atoms with Crippen LogP contribution in [0.25, 0.3) is 0 Å². The molecule has 14 heavy (non-hydrogen) atoms. The maximum Gasteiger partial charge on any atom is 0.240 e.